The van der Waals surface area contributed by atoms with Gasteiger partial charge in [0.25, 0.3) is 0 Å². The van der Waals surface area contributed by atoms with E-state index in [0.717, 1.165) is 61.4 Å². The molecule has 246 valence electrons. The molecule has 0 amide bonds. The number of fused-ring (bicyclic) bond motifs is 1. The number of benzene rings is 1. The van der Waals surface area contributed by atoms with E-state index < -0.39 is 17.7 Å². The predicted octanol–water partition coefficient (Wildman–Crippen LogP) is 6.02. The molecule has 1 saturated heterocycles. The number of hydrogen-bond donors (Lipinski definition) is 2. The van der Waals surface area contributed by atoms with E-state index in [9.17, 15) is 9.90 Å². The lowest BCUT2D eigenvalue weighted by Gasteiger charge is -2.41. The Morgan fingerprint density at radius 2 is 1.74 bits per heavy atom. The molecule has 3 N–H and O–H groups in total. The van der Waals surface area contributed by atoms with Crippen LogP contribution in [0.4, 0.5) is 17.5 Å². The lowest BCUT2D eigenvalue weighted by Crippen LogP contribution is -2.39. The van der Waals surface area contributed by atoms with Crippen molar-refractivity contribution in [1.29, 1.82) is 0 Å². The topological polar surface area (TPSA) is 143 Å². The molecule has 0 saturated carbocycles. The summed E-state index contributed by atoms with van der Waals surface area (Å²) in [7, 11) is 0. The molecular weight excluding hydrogens is 592 g/mol. The number of pyridine rings is 1. The molecule has 2 aliphatic heterocycles. The quantitative estimate of drug-likeness (QED) is 0.246. The highest BCUT2D eigenvalue weighted by Crippen LogP contribution is 2.46. The van der Waals surface area contributed by atoms with Gasteiger partial charge in [-0.3, -0.25) is 9.97 Å². The number of rotatable bonds is 7. The largest absolute Gasteiger partial charge is 0.479 e. The van der Waals surface area contributed by atoms with Crippen molar-refractivity contribution in [2.45, 2.75) is 79.1 Å². The zero-order chi connectivity index (χ0) is 33.5. The number of aromatic nitrogens is 5. The third kappa shape index (κ3) is 6.90. The van der Waals surface area contributed by atoms with Crippen LogP contribution in [0.25, 0.3) is 22.5 Å². The van der Waals surface area contributed by atoms with Crippen LogP contribution in [-0.2, 0) is 22.5 Å². The number of nitrogen functional groups attached to an aromatic ring is 1. The number of carboxylic acid groups (broad SMARTS) is 1. The van der Waals surface area contributed by atoms with Crippen molar-refractivity contribution in [2.24, 2.45) is 5.41 Å². The van der Waals surface area contributed by atoms with Gasteiger partial charge in [0.2, 0.25) is 5.95 Å². The van der Waals surface area contributed by atoms with Gasteiger partial charge in [0, 0.05) is 61.6 Å². The number of carboxylic acids is 1. The van der Waals surface area contributed by atoms with Gasteiger partial charge in [-0.25, -0.2) is 19.7 Å². The summed E-state index contributed by atoms with van der Waals surface area (Å²) in [5.41, 5.74) is 13.7. The van der Waals surface area contributed by atoms with E-state index in [-0.39, 0.29) is 5.41 Å². The molecule has 0 spiro atoms. The maximum absolute atomic E-state index is 12.8. The van der Waals surface area contributed by atoms with Crippen LogP contribution < -0.4 is 15.5 Å². The molecule has 1 fully saturated rings. The Kier molecular flexibility index (Phi) is 8.61. The molecular formula is C36H44N8O3. The maximum atomic E-state index is 12.8. The van der Waals surface area contributed by atoms with Crippen molar-refractivity contribution in [3.05, 3.63) is 71.4 Å². The fraction of sp³-hybridized carbons (Fsp3) is 0.444. The standard InChI is InChI=1S/C36H44N8O3/c1-22-28(31(33(45)46)47-35(2,3)4)30(43-17-11-36(5,6)12-18-43)29(32(37)41-22)24-7-8-25-21-44(16-10-23(25)19-24)34-40-13-9-26(42-34)27-20-38-14-15-39-27/h7-9,13-15,19-20,31H,10-12,16-18,21H2,1-6H3,(H2,37,41)(H,45,46)/t31-/m0/s1. The van der Waals surface area contributed by atoms with Crippen LogP contribution in [0.5, 0.6) is 0 Å². The number of hydrogen-bond acceptors (Lipinski definition) is 10. The number of aliphatic carboxylic acids is 1. The smallest absolute Gasteiger partial charge is 0.337 e. The molecule has 5 heterocycles. The number of nitrogens with zero attached hydrogens (tertiary/aromatic N) is 7. The summed E-state index contributed by atoms with van der Waals surface area (Å²) in [5, 5.41) is 10.5. The number of anilines is 3. The van der Waals surface area contributed by atoms with E-state index in [4.69, 9.17) is 20.4 Å². The average molecular weight is 637 g/mol. The van der Waals surface area contributed by atoms with Gasteiger partial charge in [-0.15, -0.1) is 0 Å². The van der Waals surface area contributed by atoms with Crippen molar-refractivity contribution in [3.8, 4) is 22.5 Å². The minimum atomic E-state index is -1.20. The first kappa shape index (κ1) is 32.3. The van der Waals surface area contributed by atoms with E-state index >= 15 is 0 Å². The molecule has 47 heavy (non-hydrogen) atoms. The molecule has 0 bridgehead atoms. The van der Waals surface area contributed by atoms with Gasteiger partial charge in [0.05, 0.1) is 23.2 Å². The minimum absolute atomic E-state index is 0.202. The number of piperidine rings is 1. The lowest BCUT2D eigenvalue weighted by molar-refractivity contribution is -0.160. The van der Waals surface area contributed by atoms with Gasteiger partial charge in [-0.1, -0.05) is 32.0 Å². The Morgan fingerprint density at radius 3 is 2.43 bits per heavy atom. The molecule has 1 aromatic carbocycles. The normalized spacial score (nSPS) is 16.9. The van der Waals surface area contributed by atoms with Crippen molar-refractivity contribution >= 4 is 23.4 Å². The summed E-state index contributed by atoms with van der Waals surface area (Å²) in [4.78, 5) is 39.9. The highest BCUT2D eigenvalue weighted by atomic mass is 16.5. The second kappa shape index (κ2) is 12.5. The highest BCUT2D eigenvalue weighted by molar-refractivity contribution is 5.92. The zero-order valence-electron chi connectivity index (χ0n) is 28.1. The number of aryl methyl sites for hydroxylation is 1. The first-order valence-corrected chi connectivity index (χ1v) is 16.2. The van der Waals surface area contributed by atoms with Crippen LogP contribution in [0.1, 0.15) is 75.9 Å². The number of nitrogens with two attached hydrogens (primary N) is 1. The first-order valence-electron chi connectivity index (χ1n) is 16.2. The Bertz CT molecular complexity index is 1780. The third-order valence-corrected chi connectivity index (χ3v) is 9.08. The van der Waals surface area contributed by atoms with Crippen LogP contribution in [0, 0.1) is 12.3 Å². The van der Waals surface area contributed by atoms with Gasteiger partial charge in [0.1, 0.15) is 11.5 Å². The van der Waals surface area contributed by atoms with E-state index in [2.05, 4.69) is 56.8 Å². The zero-order valence-corrected chi connectivity index (χ0v) is 28.1. The van der Waals surface area contributed by atoms with Gasteiger partial charge < -0.3 is 25.4 Å². The summed E-state index contributed by atoms with van der Waals surface area (Å²) in [5.74, 6) is -0.0128. The van der Waals surface area contributed by atoms with Crippen LogP contribution in [0.3, 0.4) is 0 Å². The second-order valence-corrected chi connectivity index (χ2v) is 14.3. The summed E-state index contributed by atoms with van der Waals surface area (Å²) in [6.45, 7) is 15.0. The first-order chi connectivity index (χ1) is 22.3. The van der Waals surface area contributed by atoms with Crippen LogP contribution in [0.15, 0.2) is 49.1 Å². The summed E-state index contributed by atoms with van der Waals surface area (Å²) in [6, 6.07) is 8.23. The molecule has 11 nitrogen and oxygen atoms in total. The predicted molar refractivity (Wildman–Crippen MR) is 183 cm³/mol. The molecule has 0 aliphatic carbocycles. The second-order valence-electron chi connectivity index (χ2n) is 14.3. The Labute approximate surface area is 276 Å². The van der Waals surface area contributed by atoms with E-state index in [1.165, 1.54) is 11.1 Å². The summed E-state index contributed by atoms with van der Waals surface area (Å²) in [6.07, 6.45) is 8.29. The van der Waals surface area contributed by atoms with Gasteiger partial charge in [0.15, 0.2) is 6.10 Å². The lowest BCUT2D eigenvalue weighted by atomic mass is 9.82. The monoisotopic (exact) mass is 636 g/mol. The summed E-state index contributed by atoms with van der Waals surface area (Å²) >= 11 is 0. The fourth-order valence-corrected chi connectivity index (χ4v) is 6.53. The highest BCUT2D eigenvalue weighted by Gasteiger charge is 2.37. The molecule has 0 radical (unpaired) electrons. The Balaban J connectivity index is 1.39. The van der Waals surface area contributed by atoms with Gasteiger partial charge >= 0.3 is 5.97 Å². The van der Waals surface area contributed by atoms with Crippen LogP contribution in [-0.4, -0.2) is 61.2 Å². The van der Waals surface area contributed by atoms with Crippen molar-refractivity contribution in [1.82, 2.24) is 24.9 Å². The van der Waals surface area contributed by atoms with Gasteiger partial charge in [-0.2, -0.15) is 0 Å². The molecule has 6 rings (SSSR count). The van der Waals surface area contributed by atoms with Crippen LogP contribution >= 0.6 is 0 Å². The van der Waals surface area contributed by atoms with Crippen LogP contribution in [0.2, 0.25) is 0 Å². The average Bonchev–Trinajstić information content (AvgIpc) is 3.03. The maximum Gasteiger partial charge on any atom is 0.337 e. The number of ether oxygens (including phenoxy) is 1. The van der Waals surface area contributed by atoms with Crippen molar-refractivity contribution in [2.75, 3.05) is 35.2 Å². The molecule has 4 aromatic rings. The molecule has 11 heteroatoms. The molecule has 1 atom stereocenters. The Hall–Kier alpha value is -4.64. The molecule has 2 aliphatic rings. The van der Waals surface area contributed by atoms with E-state index in [1.54, 1.807) is 24.8 Å². The molecule has 0 unspecified atom stereocenters. The van der Waals surface area contributed by atoms with Crippen molar-refractivity contribution in [3.63, 3.8) is 0 Å². The Morgan fingerprint density at radius 1 is 0.979 bits per heavy atom. The van der Waals surface area contributed by atoms with E-state index in [0.29, 0.717) is 35.3 Å². The molecule has 3 aromatic heterocycles. The minimum Gasteiger partial charge on any atom is -0.479 e. The van der Waals surface area contributed by atoms with Crippen molar-refractivity contribution < 1.29 is 14.6 Å². The SMILES string of the molecule is Cc1nc(N)c(-c2ccc3c(c2)CCN(c2nccc(-c4cnccn4)n2)C3)c(N2CCC(C)(C)CC2)c1[C@H](OC(C)(C)C)C(=O)O. The van der Waals surface area contributed by atoms with E-state index in [1.807, 2.05) is 33.8 Å². The number of carbonyl (C=O) groups is 1. The van der Waals surface area contributed by atoms with Gasteiger partial charge in [-0.05, 0) is 75.1 Å². The third-order valence-electron chi connectivity index (χ3n) is 9.08. The fourth-order valence-electron chi connectivity index (χ4n) is 6.53. The summed E-state index contributed by atoms with van der Waals surface area (Å²) < 4.78 is 6.22.